The molecule has 1 aromatic heterocycles. The van der Waals surface area contributed by atoms with E-state index in [1.807, 2.05) is 18.2 Å². The Kier molecular flexibility index (Phi) is 5.83. The van der Waals surface area contributed by atoms with Crippen LogP contribution in [0, 0.1) is 11.8 Å². The fourth-order valence-electron chi connectivity index (χ4n) is 4.72. The lowest BCUT2D eigenvalue weighted by Gasteiger charge is -2.23. The van der Waals surface area contributed by atoms with Gasteiger partial charge in [-0.15, -0.1) is 35.3 Å². The van der Waals surface area contributed by atoms with Crippen LogP contribution in [-0.2, 0) is 11.3 Å². The van der Waals surface area contributed by atoms with Crippen LogP contribution >= 0.6 is 46.9 Å². The van der Waals surface area contributed by atoms with Crippen molar-refractivity contribution in [3.05, 3.63) is 28.2 Å². The predicted molar refractivity (Wildman–Crippen MR) is 121 cm³/mol. The molecule has 2 bridgehead atoms. The Morgan fingerprint density at radius 2 is 2.07 bits per heavy atom. The van der Waals surface area contributed by atoms with Gasteiger partial charge in [-0.25, -0.2) is 9.98 Å². The Bertz CT molecular complexity index is 841. The molecule has 3 aliphatic heterocycles. The normalized spacial score (nSPS) is 29.3. The summed E-state index contributed by atoms with van der Waals surface area (Å²) in [7, 11) is 0. The van der Waals surface area contributed by atoms with Crippen molar-refractivity contribution in [3.63, 3.8) is 0 Å². The van der Waals surface area contributed by atoms with E-state index in [9.17, 15) is 0 Å². The largest absolute Gasteiger partial charge is 0.374 e. The van der Waals surface area contributed by atoms with Gasteiger partial charge in [-0.3, -0.25) is 0 Å². The lowest BCUT2D eigenvalue weighted by Crippen LogP contribution is -2.41. The van der Waals surface area contributed by atoms with Crippen LogP contribution in [0.25, 0.3) is 10.2 Å². The maximum atomic E-state index is 6.09. The zero-order chi connectivity index (χ0) is 17.7. The van der Waals surface area contributed by atoms with Gasteiger partial charge in [0.2, 0.25) is 0 Å². The summed E-state index contributed by atoms with van der Waals surface area (Å²) < 4.78 is 7.25. The predicted octanol–water partition coefficient (Wildman–Crippen LogP) is 4.14. The van der Waals surface area contributed by atoms with Crippen LogP contribution < -0.4 is 5.32 Å². The summed E-state index contributed by atoms with van der Waals surface area (Å²) in [6.45, 7) is 5.73. The number of rotatable bonds is 3. The minimum Gasteiger partial charge on any atom is -0.374 e. The van der Waals surface area contributed by atoms with Gasteiger partial charge < -0.3 is 15.0 Å². The van der Waals surface area contributed by atoms with Crippen LogP contribution in [0.1, 0.15) is 24.8 Å². The number of halogens is 2. The van der Waals surface area contributed by atoms with E-state index in [0.717, 1.165) is 45.8 Å². The van der Waals surface area contributed by atoms with Crippen molar-refractivity contribution in [3.8, 4) is 0 Å². The van der Waals surface area contributed by atoms with Crippen LogP contribution in [0.15, 0.2) is 23.2 Å². The van der Waals surface area contributed by atoms with Crippen molar-refractivity contribution in [2.75, 3.05) is 19.6 Å². The Labute approximate surface area is 185 Å². The fraction of sp³-hybridized carbons (Fsp3) is 0.579. The number of guanidine groups is 1. The quantitative estimate of drug-likeness (QED) is 0.377. The summed E-state index contributed by atoms with van der Waals surface area (Å²) in [4.78, 5) is 12.0. The second kappa shape index (κ2) is 8.00. The summed E-state index contributed by atoms with van der Waals surface area (Å²) in [6.07, 6.45) is 3.43. The third-order valence-corrected chi connectivity index (χ3v) is 7.10. The van der Waals surface area contributed by atoms with Crippen LogP contribution in [0.4, 0.5) is 0 Å². The van der Waals surface area contributed by atoms with Gasteiger partial charge in [0.25, 0.3) is 0 Å². The minimum absolute atomic E-state index is 0. The van der Waals surface area contributed by atoms with Crippen LogP contribution in [-0.4, -0.2) is 47.7 Å². The first-order valence-corrected chi connectivity index (χ1v) is 10.6. The molecule has 4 atom stereocenters. The number of nitrogens with zero attached hydrogens (tertiary/aromatic N) is 3. The van der Waals surface area contributed by atoms with Crippen molar-refractivity contribution in [2.45, 2.75) is 38.5 Å². The third-order valence-electron chi connectivity index (χ3n) is 5.85. The molecular formula is C19H24ClIN4OS. The number of hydrogen-bond donors (Lipinski definition) is 1. The van der Waals surface area contributed by atoms with Crippen molar-refractivity contribution >= 4 is 63.1 Å². The van der Waals surface area contributed by atoms with Gasteiger partial charge in [0.05, 0.1) is 29.0 Å². The lowest BCUT2D eigenvalue weighted by molar-refractivity contribution is 0.0767. The van der Waals surface area contributed by atoms with Crippen molar-refractivity contribution in [2.24, 2.45) is 16.8 Å². The number of ether oxygens (including phenoxy) is 1. The smallest absolute Gasteiger partial charge is 0.194 e. The molecule has 0 aliphatic carbocycles. The first-order valence-electron chi connectivity index (χ1n) is 9.45. The number of aromatic nitrogens is 1. The molecule has 3 saturated heterocycles. The van der Waals surface area contributed by atoms with Crippen molar-refractivity contribution < 1.29 is 4.74 Å². The van der Waals surface area contributed by atoms with Gasteiger partial charge >= 0.3 is 0 Å². The number of benzene rings is 1. The minimum atomic E-state index is 0. The van der Waals surface area contributed by atoms with Gasteiger partial charge in [-0.05, 0) is 38.0 Å². The van der Waals surface area contributed by atoms with E-state index in [0.29, 0.717) is 30.6 Å². The van der Waals surface area contributed by atoms with Gasteiger partial charge in [-0.1, -0.05) is 11.6 Å². The summed E-state index contributed by atoms with van der Waals surface area (Å²) >= 11 is 7.76. The van der Waals surface area contributed by atoms with Gasteiger partial charge in [0.15, 0.2) is 5.96 Å². The molecule has 8 heteroatoms. The molecule has 1 N–H and O–H groups in total. The molecule has 4 unspecified atom stereocenters. The molecule has 1 aromatic carbocycles. The SMILES string of the molecule is CCNC(=NCc1nc2cc(Cl)ccc2s1)N1CC2C3CCC(O3)C2C1.I. The van der Waals surface area contributed by atoms with E-state index in [4.69, 9.17) is 21.3 Å². The van der Waals surface area contributed by atoms with Crippen LogP contribution in [0.3, 0.4) is 0 Å². The molecule has 5 nitrogen and oxygen atoms in total. The summed E-state index contributed by atoms with van der Waals surface area (Å²) in [5.41, 5.74) is 0.960. The standard InChI is InChI=1S/C19H23ClN4OS.HI/c1-2-21-19(24-9-12-13(10-24)16-5-4-15(12)25-16)22-8-18-23-14-7-11(20)3-6-17(14)26-18;/h3,6-7,12-13,15-16H,2,4-5,8-10H2,1H3,(H,21,22);1H. The third kappa shape index (κ3) is 3.68. The van der Waals surface area contributed by atoms with Gasteiger partial charge in [0, 0.05) is 36.5 Å². The van der Waals surface area contributed by atoms with Crippen molar-refractivity contribution in [1.82, 2.24) is 15.2 Å². The molecule has 3 fully saturated rings. The highest BCUT2D eigenvalue weighted by Gasteiger charge is 2.53. The second-order valence-electron chi connectivity index (χ2n) is 7.41. The number of aliphatic imine (C=N–C) groups is 1. The molecule has 146 valence electrons. The summed E-state index contributed by atoms with van der Waals surface area (Å²) in [6, 6.07) is 5.87. The highest BCUT2D eigenvalue weighted by atomic mass is 127. The molecule has 27 heavy (non-hydrogen) atoms. The fourth-order valence-corrected chi connectivity index (χ4v) is 5.76. The van der Waals surface area contributed by atoms with E-state index < -0.39 is 0 Å². The number of likely N-dealkylation sites (tertiary alicyclic amines) is 1. The van der Waals surface area contributed by atoms with E-state index in [2.05, 4.69) is 22.1 Å². The average molecular weight is 519 g/mol. The van der Waals surface area contributed by atoms with Crippen LogP contribution in [0.5, 0.6) is 0 Å². The summed E-state index contributed by atoms with van der Waals surface area (Å²) in [5, 5.41) is 5.22. The van der Waals surface area contributed by atoms with E-state index in [1.54, 1.807) is 11.3 Å². The highest BCUT2D eigenvalue weighted by Crippen LogP contribution is 2.47. The maximum Gasteiger partial charge on any atom is 0.194 e. The lowest BCUT2D eigenvalue weighted by atomic mass is 9.82. The number of nitrogens with one attached hydrogen (secondary N) is 1. The van der Waals surface area contributed by atoms with Crippen LogP contribution in [0.2, 0.25) is 5.02 Å². The first kappa shape index (κ1) is 19.7. The average Bonchev–Trinajstić information content (AvgIpc) is 3.38. The van der Waals surface area contributed by atoms with E-state index in [-0.39, 0.29) is 24.0 Å². The highest BCUT2D eigenvalue weighted by molar-refractivity contribution is 14.0. The number of fused-ring (bicyclic) bond motifs is 6. The number of thiazole rings is 1. The van der Waals surface area contributed by atoms with Gasteiger partial charge in [0.1, 0.15) is 5.01 Å². The summed E-state index contributed by atoms with van der Waals surface area (Å²) in [5.74, 6) is 2.38. The second-order valence-corrected chi connectivity index (χ2v) is 8.96. The Hall–Kier alpha value is -0.640. The number of hydrogen-bond acceptors (Lipinski definition) is 4. The molecule has 0 amide bonds. The molecule has 0 spiro atoms. The van der Waals surface area contributed by atoms with Crippen molar-refractivity contribution in [1.29, 1.82) is 0 Å². The zero-order valence-electron chi connectivity index (χ0n) is 15.2. The molecule has 5 rings (SSSR count). The molecule has 0 radical (unpaired) electrons. The molecule has 4 heterocycles. The van der Waals surface area contributed by atoms with Gasteiger partial charge in [-0.2, -0.15) is 0 Å². The molecule has 0 saturated carbocycles. The maximum absolute atomic E-state index is 6.09. The topological polar surface area (TPSA) is 49.8 Å². The monoisotopic (exact) mass is 518 g/mol. The van der Waals surface area contributed by atoms with E-state index >= 15 is 0 Å². The molecule has 2 aromatic rings. The Morgan fingerprint density at radius 1 is 1.33 bits per heavy atom. The Balaban J connectivity index is 0.00000180. The first-order chi connectivity index (χ1) is 12.7. The molecule has 3 aliphatic rings. The Morgan fingerprint density at radius 3 is 2.78 bits per heavy atom. The molecular weight excluding hydrogens is 495 g/mol. The van der Waals surface area contributed by atoms with E-state index in [1.165, 1.54) is 12.8 Å². The zero-order valence-corrected chi connectivity index (χ0v) is 19.1.